The molecule has 0 fully saturated rings. The lowest BCUT2D eigenvalue weighted by Gasteiger charge is -2.08. The molecule has 0 saturated heterocycles. The molecule has 0 aliphatic carbocycles. The number of anilines is 1. The highest BCUT2D eigenvalue weighted by molar-refractivity contribution is 5.94. The largest absolute Gasteiger partial charge is 0.465 e. The molecule has 0 aromatic carbocycles. The lowest BCUT2D eigenvalue weighted by atomic mass is 10.2. The van der Waals surface area contributed by atoms with Gasteiger partial charge in [0.1, 0.15) is 17.3 Å². The number of nitrogens with one attached hydrogen (secondary N) is 2. The van der Waals surface area contributed by atoms with Gasteiger partial charge in [-0.2, -0.15) is 0 Å². The number of amides is 1. The van der Waals surface area contributed by atoms with Crippen LogP contribution < -0.4 is 16.6 Å². The summed E-state index contributed by atoms with van der Waals surface area (Å²) in [5, 5.41) is 2.80. The van der Waals surface area contributed by atoms with Gasteiger partial charge in [-0.15, -0.1) is 0 Å². The molecule has 0 bridgehead atoms. The number of nitrogen functional groups attached to an aromatic ring is 1. The minimum atomic E-state index is -0.187. The van der Waals surface area contributed by atoms with Gasteiger partial charge >= 0.3 is 0 Å². The Morgan fingerprint density at radius 1 is 1.40 bits per heavy atom. The third-order valence-electron chi connectivity index (χ3n) is 2.87. The molecule has 2 aromatic heterocycles. The Labute approximate surface area is 117 Å². The van der Waals surface area contributed by atoms with Crippen LogP contribution in [0, 0.1) is 6.92 Å². The van der Waals surface area contributed by atoms with E-state index in [0.717, 1.165) is 23.6 Å². The highest BCUT2D eigenvalue weighted by Gasteiger charge is 2.10. The molecule has 0 saturated carbocycles. The first-order chi connectivity index (χ1) is 9.62. The van der Waals surface area contributed by atoms with E-state index in [2.05, 4.69) is 15.7 Å². The number of aromatic nitrogens is 1. The van der Waals surface area contributed by atoms with Crippen molar-refractivity contribution in [3.63, 3.8) is 0 Å². The Balaban J connectivity index is 2.08. The third-order valence-corrected chi connectivity index (χ3v) is 2.87. The second kappa shape index (κ2) is 6.21. The zero-order valence-corrected chi connectivity index (χ0v) is 11.6. The fourth-order valence-electron chi connectivity index (χ4n) is 1.82. The minimum absolute atomic E-state index is 0.187. The van der Waals surface area contributed by atoms with Crippen LogP contribution in [0.2, 0.25) is 0 Å². The van der Waals surface area contributed by atoms with Crippen LogP contribution in [0.4, 0.5) is 5.82 Å². The molecule has 6 nitrogen and oxygen atoms in total. The Morgan fingerprint density at radius 3 is 2.80 bits per heavy atom. The summed E-state index contributed by atoms with van der Waals surface area (Å²) in [4.78, 5) is 16.4. The van der Waals surface area contributed by atoms with Crippen molar-refractivity contribution in [2.45, 2.75) is 26.8 Å². The fourth-order valence-corrected chi connectivity index (χ4v) is 1.82. The standard InChI is InChI=1S/C14H18N4O2/c1-3-11-6-10(7-13(17-11)18-15)14(19)16-8-12-5-4-9(2)20-12/h4-7H,3,8,15H2,1-2H3,(H,16,19)(H,17,18). The number of furan rings is 1. The van der Waals surface area contributed by atoms with Crippen LogP contribution in [-0.4, -0.2) is 10.9 Å². The molecule has 2 aromatic rings. The van der Waals surface area contributed by atoms with Crippen molar-refractivity contribution in [2.24, 2.45) is 5.84 Å². The molecule has 4 N–H and O–H groups in total. The number of hydrogen-bond donors (Lipinski definition) is 3. The van der Waals surface area contributed by atoms with Gasteiger partial charge in [-0.3, -0.25) is 4.79 Å². The van der Waals surface area contributed by atoms with Crippen LogP contribution in [0.5, 0.6) is 0 Å². The number of carbonyl (C=O) groups is 1. The summed E-state index contributed by atoms with van der Waals surface area (Å²) in [5.41, 5.74) is 3.79. The molecular formula is C14H18N4O2. The van der Waals surface area contributed by atoms with E-state index < -0.39 is 0 Å². The molecule has 2 rings (SSSR count). The Kier molecular flexibility index (Phi) is 4.37. The number of carbonyl (C=O) groups excluding carboxylic acids is 1. The van der Waals surface area contributed by atoms with Crippen LogP contribution in [0.25, 0.3) is 0 Å². The lowest BCUT2D eigenvalue weighted by molar-refractivity contribution is 0.0947. The van der Waals surface area contributed by atoms with Crippen molar-refractivity contribution in [1.82, 2.24) is 10.3 Å². The number of aryl methyl sites for hydroxylation is 2. The summed E-state index contributed by atoms with van der Waals surface area (Å²) in [5.74, 6) is 7.18. The van der Waals surface area contributed by atoms with Gasteiger partial charge in [-0.05, 0) is 37.6 Å². The Morgan fingerprint density at radius 2 is 2.20 bits per heavy atom. The van der Waals surface area contributed by atoms with E-state index in [4.69, 9.17) is 10.3 Å². The van der Waals surface area contributed by atoms with E-state index in [9.17, 15) is 4.79 Å². The summed E-state index contributed by atoms with van der Waals surface area (Å²) in [6.45, 7) is 4.18. The van der Waals surface area contributed by atoms with E-state index >= 15 is 0 Å². The monoisotopic (exact) mass is 274 g/mol. The molecule has 0 aliphatic heterocycles. The number of rotatable bonds is 5. The van der Waals surface area contributed by atoms with Crippen LogP contribution in [0.3, 0.4) is 0 Å². The van der Waals surface area contributed by atoms with Crippen molar-refractivity contribution in [2.75, 3.05) is 5.43 Å². The maximum Gasteiger partial charge on any atom is 0.251 e. The molecule has 0 unspecified atom stereocenters. The van der Waals surface area contributed by atoms with Crippen LogP contribution >= 0.6 is 0 Å². The zero-order valence-electron chi connectivity index (χ0n) is 11.6. The molecule has 2 heterocycles. The van der Waals surface area contributed by atoms with Crippen LogP contribution in [0.15, 0.2) is 28.7 Å². The van der Waals surface area contributed by atoms with Crippen LogP contribution in [-0.2, 0) is 13.0 Å². The first kappa shape index (κ1) is 14.1. The van der Waals surface area contributed by atoms with Crippen molar-refractivity contribution >= 4 is 11.7 Å². The van der Waals surface area contributed by atoms with Gasteiger partial charge in [-0.1, -0.05) is 6.92 Å². The molecule has 20 heavy (non-hydrogen) atoms. The molecule has 0 spiro atoms. The molecule has 106 valence electrons. The normalized spacial score (nSPS) is 10.3. The minimum Gasteiger partial charge on any atom is -0.465 e. The van der Waals surface area contributed by atoms with Crippen molar-refractivity contribution in [3.8, 4) is 0 Å². The zero-order chi connectivity index (χ0) is 14.5. The highest BCUT2D eigenvalue weighted by atomic mass is 16.3. The van der Waals surface area contributed by atoms with E-state index in [-0.39, 0.29) is 5.91 Å². The van der Waals surface area contributed by atoms with Gasteiger partial charge in [-0.25, -0.2) is 10.8 Å². The van der Waals surface area contributed by atoms with Gasteiger partial charge in [0.2, 0.25) is 0 Å². The molecular weight excluding hydrogens is 256 g/mol. The summed E-state index contributed by atoms with van der Waals surface area (Å²) >= 11 is 0. The predicted molar refractivity (Wildman–Crippen MR) is 76.0 cm³/mol. The SMILES string of the molecule is CCc1cc(C(=O)NCc2ccc(C)o2)cc(NN)n1. The molecule has 6 heteroatoms. The highest BCUT2D eigenvalue weighted by Crippen LogP contribution is 2.11. The number of pyridine rings is 1. The fraction of sp³-hybridized carbons (Fsp3) is 0.286. The number of hydrazine groups is 1. The van der Waals surface area contributed by atoms with Gasteiger partial charge in [0.25, 0.3) is 5.91 Å². The van der Waals surface area contributed by atoms with E-state index in [1.807, 2.05) is 26.0 Å². The smallest absolute Gasteiger partial charge is 0.251 e. The summed E-state index contributed by atoms with van der Waals surface area (Å²) in [7, 11) is 0. The maximum atomic E-state index is 12.1. The van der Waals surface area contributed by atoms with Crippen molar-refractivity contribution in [3.05, 3.63) is 47.0 Å². The lowest BCUT2D eigenvalue weighted by Crippen LogP contribution is -2.23. The summed E-state index contributed by atoms with van der Waals surface area (Å²) in [6, 6.07) is 7.07. The van der Waals surface area contributed by atoms with Gasteiger partial charge in [0.05, 0.1) is 6.54 Å². The van der Waals surface area contributed by atoms with E-state index in [1.54, 1.807) is 12.1 Å². The van der Waals surface area contributed by atoms with Gasteiger partial charge < -0.3 is 15.2 Å². The Hall–Kier alpha value is -2.34. The van der Waals surface area contributed by atoms with Crippen molar-refractivity contribution < 1.29 is 9.21 Å². The van der Waals surface area contributed by atoms with Crippen LogP contribution in [0.1, 0.15) is 34.5 Å². The summed E-state index contributed by atoms with van der Waals surface area (Å²) < 4.78 is 5.40. The second-order valence-electron chi connectivity index (χ2n) is 4.43. The Bertz CT molecular complexity index is 585. The molecule has 1 amide bonds. The maximum absolute atomic E-state index is 12.1. The average Bonchev–Trinajstić information content (AvgIpc) is 2.89. The second-order valence-corrected chi connectivity index (χ2v) is 4.43. The average molecular weight is 274 g/mol. The predicted octanol–water partition coefficient (Wildman–Crippen LogP) is 1.76. The number of hydrogen-bond acceptors (Lipinski definition) is 5. The van der Waals surface area contributed by atoms with E-state index in [0.29, 0.717) is 17.9 Å². The number of nitrogens with two attached hydrogens (primary N) is 1. The summed E-state index contributed by atoms with van der Waals surface area (Å²) in [6.07, 6.45) is 0.729. The number of nitrogens with zero attached hydrogens (tertiary/aromatic N) is 1. The third kappa shape index (κ3) is 3.36. The molecule has 0 radical (unpaired) electrons. The van der Waals surface area contributed by atoms with Gasteiger partial charge in [0.15, 0.2) is 0 Å². The first-order valence-electron chi connectivity index (χ1n) is 6.43. The van der Waals surface area contributed by atoms with Crippen molar-refractivity contribution in [1.29, 1.82) is 0 Å². The topological polar surface area (TPSA) is 93.2 Å². The quantitative estimate of drug-likeness (QED) is 0.570. The molecule has 0 atom stereocenters. The molecule has 0 aliphatic rings. The first-order valence-corrected chi connectivity index (χ1v) is 6.43. The van der Waals surface area contributed by atoms with Gasteiger partial charge in [0, 0.05) is 11.3 Å². The van der Waals surface area contributed by atoms with E-state index in [1.165, 1.54) is 0 Å².